The first-order chi connectivity index (χ1) is 5.48. The minimum atomic E-state index is -1.11. The molecule has 0 aromatic rings. The van der Waals surface area contributed by atoms with Crippen molar-refractivity contribution < 1.29 is 5.11 Å². The average molecular weight is 184 g/mol. The van der Waals surface area contributed by atoms with E-state index < -0.39 is 8.07 Å². The van der Waals surface area contributed by atoms with E-state index in [4.69, 9.17) is 5.11 Å². The summed E-state index contributed by atoms with van der Waals surface area (Å²) in [6.07, 6.45) is 5.90. The quantitative estimate of drug-likeness (QED) is 0.514. The van der Waals surface area contributed by atoms with Gasteiger partial charge in [0.2, 0.25) is 0 Å². The Morgan fingerprint density at radius 3 is 2.33 bits per heavy atom. The second-order valence-corrected chi connectivity index (χ2v) is 9.25. The molecule has 0 amide bonds. The Balaban J connectivity index is 3.66. The first-order valence-corrected chi connectivity index (χ1v) is 7.92. The molecule has 0 aliphatic rings. The molecule has 1 nitrogen and oxygen atoms in total. The van der Waals surface area contributed by atoms with Crippen LogP contribution >= 0.6 is 0 Å². The van der Waals surface area contributed by atoms with Crippen LogP contribution < -0.4 is 0 Å². The predicted molar refractivity (Wildman–Crippen MR) is 57.9 cm³/mol. The number of allylic oxidation sites excluding steroid dienone is 2. The van der Waals surface area contributed by atoms with Crippen LogP contribution in [0.15, 0.2) is 23.9 Å². The van der Waals surface area contributed by atoms with Crippen molar-refractivity contribution in [1.82, 2.24) is 0 Å². The lowest BCUT2D eigenvalue weighted by molar-refractivity contribution is 0.342. The van der Waals surface area contributed by atoms with Crippen molar-refractivity contribution in [2.24, 2.45) is 0 Å². The summed E-state index contributed by atoms with van der Waals surface area (Å²) in [4.78, 5) is 0. The fourth-order valence-corrected chi connectivity index (χ4v) is 1.72. The van der Waals surface area contributed by atoms with E-state index in [9.17, 15) is 0 Å². The number of rotatable bonds is 5. The zero-order valence-electron chi connectivity index (χ0n) is 8.43. The van der Waals surface area contributed by atoms with Gasteiger partial charge in [-0.15, -0.1) is 6.58 Å². The third-order valence-electron chi connectivity index (χ3n) is 1.95. The zero-order valence-corrected chi connectivity index (χ0v) is 9.43. The Morgan fingerprint density at radius 1 is 1.33 bits per heavy atom. The first-order valence-electron chi connectivity index (χ1n) is 4.42. The molecule has 0 aliphatic heterocycles. The van der Waals surface area contributed by atoms with E-state index in [1.54, 1.807) is 6.08 Å². The van der Waals surface area contributed by atoms with Crippen molar-refractivity contribution >= 4 is 8.07 Å². The average Bonchev–Trinajstić information content (AvgIpc) is 1.96. The molecule has 0 aromatic heterocycles. The fourth-order valence-electron chi connectivity index (χ4n) is 0.825. The van der Waals surface area contributed by atoms with Gasteiger partial charge in [-0.2, -0.15) is 0 Å². The van der Waals surface area contributed by atoms with E-state index in [0.29, 0.717) is 0 Å². The van der Waals surface area contributed by atoms with Crippen molar-refractivity contribution in [3.8, 4) is 0 Å². The molecule has 0 fully saturated rings. The van der Waals surface area contributed by atoms with Gasteiger partial charge in [-0.05, 0) is 12.8 Å². The van der Waals surface area contributed by atoms with Gasteiger partial charge in [-0.3, -0.25) is 0 Å². The maximum Gasteiger partial charge on any atom is 0.0716 e. The highest BCUT2D eigenvalue weighted by Gasteiger charge is 2.15. The monoisotopic (exact) mass is 184 g/mol. The van der Waals surface area contributed by atoms with Gasteiger partial charge in [0.05, 0.1) is 14.7 Å². The third-order valence-corrected chi connectivity index (χ3v) is 4.32. The summed E-state index contributed by atoms with van der Waals surface area (Å²) in [6.45, 7) is 11.2. The highest BCUT2D eigenvalue weighted by atomic mass is 28.3. The molecule has 0 heterocycles. The van der Waals surface area contributed by atoms with Gasteiger partial charge in [-0.25, -0.2) is 0 Å². The van der Waals surface area contributed by atoms with Crippen LogP contribution in [0.3, 0.4) is 0 Å². The molecule has 0 unspecified atom stereocenters. The number of hydrogen-bond donors (Lipinski definition) is 1. The second-order valence-electron chi connectivity index (χ2n) is 4.05. The van der Waals surface area contributed by atoms with Crippen molar-refractivity contribution in [2.45, 2.75) is 32.5 Å². The van der Waals surface area contributed by atoms with Crippen LogP contribution in [-0.4, -0.2) is 19.8 Å². The van der Waals surface area contributed by atoms with Gasteiger partial charge >= 0.3 is 0 Å². The van der Waals surface area contributed by atoms with Gasteiger partial charge in [0.15, 0.2) is 0 Å². The second kappa shape index (κ2) is 5.33. The Hall–Kier alpha value is -0.343. The molecule has 0 atom stereocenters. The minimum Gasteiger partial charge on any atom is -0.392 e. The highest BCUT2D eigenvalue weighted by molar-refractivity contribution is 6.82. The summed E-state index contributed by atoms with van der Waals surface area (Å²) in [6, 6.07) is 0. The van der Waals surface area contributed by atoms with Gasteiger partial charge in [-0.1, -0.05) is 37.0 Å². The maximum absolute atomic E-state index is 8.49. The van der Waals surface area contributed by atoms with Crippen molar-refractivity contribution in [3.05, 3.63) is 23.9 Å². The Bertz CT molecular complexity index is 165. The van der Waals surface area contributed by atoms with Gasteiger partial charge in [0, 0.05) is 0 Å². The lowest BCUT2D eigenvalue weighted by Crippen LogP contribution is -2.22. The molecule has 0 saturated carbocycles. The summed E-state index contributed by atoms with van der Waals surface area (Å²) >= 11 is 0. The summed E-state index contributed by atoms with van der Waals surface area (Å²) in [7, 11) is -1.11. The smallest absolute Gasteiger partial charge is 0.0716 e. The van der Waals surface area contributed by atoms with Crippen LogP contribution in [-0.2, 0) is 0 Å². The molecule has 0 rings (SSSR count). The van der Waals surface area contributed by atoms with Crippen LogP contribution in [0.1, 0.15) is 12.8 Å². The molecule has 1 N–H and O–H groups in total. The van der Waals surface area contributed by atoms with E-state index in [1.807, 2.05) is 6.08 Å². The number of aliphatic hydroxyl groups excluding tert-OH is 1. The van der Waals surface area contributed by atoms with E-state index >= 15 is 0 Å². The van der Waals surface area contributed by atoms with E-state index in [0.717, 1.165) is 12.8 Å². The van der Waals surface area contributed by atoms with Crippen molar-refractivity contribution in [2.75, 3.05) is 6.61 Å². The van der Waals surface area contributed by atoms with E-state index in [2.05, 4.69) is 26.2 Å². The van der Waals surface area contributed by atoms with Crippen LogP contribution in [0.25, 0.3) is 0 Å². The molecule has 2 heteroatoms. The van der Waals surface area contributed by atoms with Crippen molar-refractivity contribution in [3.63, 3.8) is 0 Å². The molecule has 0 radical (unpaired) electrons. The van der Waals surface area contributed by atoms with E-state index in [-0.39, 0.29) is 6.61 Å². The number of aliphatic hydroxyl groups is 1. The molecule has 0 aliphatic carbocycles. The van der Waals surface area contributed by atoms with Crippen molar-refractivity contribution in [1.29, 1.82) is 0 Å². The fraction of sp³-hybridized carbons (Fsp3) is 0.600. The molecule has 70 valence electrons. The standard InChI is InChI=1S/C10H20OSi/c1-10(12(2,3)4)8-6-5-7-9-11/h5,7,11H,1,6,8-9H2,2-4H3/b7-5+. The topological polar surface area (TPSA) is 20.2 Å². The molecule has 0 bridgehead atoms. The molecule has 12 heavy (non-hydrogen) atoms. The summed E-state index contributed by atoms with van der Waals surface area (Å²) in [5.41, 5.74) is 0. The van der Waals surface area contributed by atoms with Gasteiger partial charge in [0.25, 0.3) is 0 Å². The Labute approximate surface area is 76.8 Å². The lowest BCUT2D eigenvalue weighted by atomic mass is 10.3. The highest BCUT2D eigenvalue weighted by Crippen LogP contribution is 2.17. The van der Waals surface area contributed by atoms with Crippen LogP contribution in [0.5, 0.6) is 0 Å². The summed E-state index contributed by atoms with van der Waals surface area (Å²) in [5.74, 6) is 0. The summed E-state index contributed by atoms with van der Waals surface area (Å²) < 4.78 is 0. The van der Waals surface area contributed by atoms with Gasteiger partial charge in [0.1, 0.15) is 0 Å². The summed E-state index contributed by atoms with van der Waals surface area (Å²) in [5, 5.41) is 9.90. The van der Waals surface area contributed by atoms with Gasteiger partial charge < -0.3 is 5.11 Å². The zero-order chi connectivity index (χ0) is 9.61. The Kier molecular flexibility index (Phi) is 5.18. The molecule has 0 spiro atoms. The largest absolute Gasteiger partial charge is 0.392 e. The lowest BCUT2D eigenvalue weighted by Gasteiger charge is -2.18. The number of hydrogen-bond acceptors (Lipinski definition) is 1. The van der Waals surface area contributed by atoms with E-state index in [1.165, 1.54) is 5.20 Å². The van der Waals surface area contributed by atoms with Crippen LogP contribution in [0.4, 0.5) is 0 Å². The predicted octanol–water partition coefficient (Wildman–Crippen LogP) is 2.75. The minimum absolute atomic E-state index is 0.152. The molecular weight excluding hydrogens is 164 g/mol. The first kappa shape index (κ1) is 11.7. The molecule has 0 saturated heterocycles. The normalized spacial score (nSPS) is 12.3. The molecular formula is C10H20OSi. The SMILES string of the molecule is C=C(CC/C=C/CO)[Si](C)(C)C. The third kappa shape index (κ3) is 5.33. The van der Waals surface area contributed by atoms with Crippen LogP contribution in [0.2, 0.25) is 19.6 Å². The van der Waals surface area contributed by atoms with Crippen LogP contribution in [0, 0.1) is 0 Å². The maximum atomic E-state index is 8.49. The Morgan fingerprint density at radius 2 is 1.92 bits per heavy atom. The molecule has 0 aromatic carbocycles.